The molecule has 2 aromatic carbocycles. The average Bonchev–Trinajstić information content (AvgIpc) is 2.59. The fourth-order valence-electron chi connectivity index (χ4n) is 3.30. The molecule has 24 heavy (non-hydrogen) atoms. The molecule has 0 spiro atoms. The number of hydrogen-bond acceptors (Lipinski definition) is 2. The Labute approximate surface area is 144 Å². The molecule has 0 radical (unpaired) electrons. The number of ether oxygens (including phenoxy) is 1. The number of nitrogens with one attached hydrogen (secondary N) is 1. The lowest BCUT2D eigenvalue weighted by Gasteiger charge is -2.19. The number of hydrogen-bond donors (Lipinski definition) is 1. The van der Waals surface area contributed by atoms with E-state index in [1.807, 2.05) is 37.3 Å². The van der Waals surface area contributed by atoms with Crippen molar-refractivity contribution >= 4 is 5.91 Å². The standard InChI is InChI=1S/C21H25NO2/c1-16-6-4-7-17(14-16)15-21(23)22-12-13-24-20-11-5-9-18-8-2-3-10-19(18)20/h4-7,9,11,14H,2-3,8,10,12-13,15H2,1H3,(H,22,23). The van der Waals surface area contributed by atoms with Gasteiger partial charge in [0.25, 0.3) is 0 Å². The van der Waals surface area contributed by atoms with Crippen LogP contribution >= 0.6 is 0 Å². The first-order valence-electron chi connectivity index (χ1n) is 8.78. The van der Waals surface area contributed by atoms with Gasteiger partial charge in [0.2, 0.25) is 5.91 Å². The van der Waals surface area contributed by atoms with E-state index in [0.29, 0.717) is 19.6 Å². The van der Waals surface area contributed by atoms with Crippen molar-refractivity contribution in [3.8, 4) is 5.75 Å². The van der Waals surface area contributed by atoms with Crippen LogP contribution in [0.15, 0.2) is 42.5 Å². The van der Waals surface area contributed by atoms with Gasteiger partial charge in [0.05, 0.1) is 13.0 Å². The first kappa shape index (κ1) is 16.6. The van der Waals surface area contributed by atoms with Crippen molar-refractivity contribution in [1.82, 2.24) is 5.32 Å². The Bertz CT molecular complexity index is 709. The van der Waals surface area contributed by atoms with E-state index >= 15 is 0 Å². The van der Waals surface area contributed by atoms with E-state index < -0.39 is 0 Å². The van der Waals surface area contributed by atoms with Crippen molar-refractivity contribution in [3.05, 3.63) is 64.7 Å². The molecule has 3 heteroatoms. The summed E-state index contributed by atoms with van der Waals surface area (Å²) in [5.74, 6) is 1.03. The average molecular weight is 323 g/mol. The Kier molecular flexibility index (Phi) is 5.52. The van der Waals surface area contributed by atoms with Gasteiger partial charge in [-0.05, 0) is 55.4 Å². The van der Waals surface area contributed by atoms with E-state index in [4.69, 9.17) is 4.74 Å². The number of amides is 1. The summed E-state index contributed by atoms with van der Waals surface area (Å²) in [6, 6.07) is 14.4. The second-order valence-corrected chi connectivity index (χ2v) is 6.47. The van der Waals surface area contributed by atoms with Gasteiger partial charge in [-0.15, -0.1) is 0 Å². The van der Waals surface area contributed by atoms with Gasteiger partial charge in [-0.25, -0.2) is 0 Å². The van der Waals surface area contributed by atoms with E-state index in [-0.39, 0.29) is 5.91 Å². The van der Waals surface area contributed by atoms with Crippen LogP contribution in [0.3, 0.4) is 0 Å². The lowest BCUT2D eigenvalue weighted by atomic mass is 9.91. The fraction of sp³-hybridized carbons (Fsp3) is 0.381. The van der Waals surface area contributed by atoms with Crippen LogP contribution in [0.5, 0.6) is 5.75 Å². The topological polar surface area (TPSA) is 38.3 Å². The Morgan fingerprint density at radius 3 is 2.83 bits per heavy atom. The highest BCUT2D eigenvalue weighted by Gasteiger charge is 2.13. The Hall–Kier alpha value is -2.29. The van der Waals surface area contributed by atoms with Gasteiger partial charge in [-0.3, -0.25) is 4.79 Å². The van der Waals surface area contributed by atoms with Crippen LogP contribution in [0, 0.1) is 6.92 Å². The van der Waals surface area contributed by atoms with Gasteiger partial charge in [0.1, 0.15) is 12.4 Å². The molecule has 1 amide bonds. The maximum atomic E-state index is 12.0. The summed E-state index contributed by atoms with van der Waals surface area (Å²) >= 11 is 0. The highest BCUT2D eigenvalue weighted by molar-refractivity contribution is 5.78. The summed E-state index contributed by atoms with van der Waals surface area (Å²) in [6.45, 7) is 3.08. The van der Waals surface area contributed by atoms with Gasteiger partial charge in [-0.2, -0.15) is 0 Å². The van der Waals surface area contributed by atoms with Crippen molar-refractivity contribution in [2.45, 2.75) is 39.0 Å². The zero-order valence-corrected chi connectivity index (χ0v) is 14.3. The van der Waals surface area contributed by atoms with Crippen LogP contribution < -0.4 is 10.1 Å². The molecule has 1 aliphatic rings. The van der Waals surface area contributed by atoms with Crippen molar-refractivity contribution in [1.29, 1.82) is 0 Å². The number of rotatable bonds is 6. The van der Waals surface area contributed by atoms with E-state index in [2.05, 4.69) is 17.4 Å². The molecule has 0 aromatic heterocycles. The molecule has 1 N–H and O–H groups in total. The number of carbonyl (C=O) groups excluding carboxylic acids is 1. The first-order valence-corrected chi connectivity index (χ1v) is 8.78. The second-order valence-electron chi connectivity index (χ2n) is 6.47. The van der Waals surface area contributed by atoms with Crippen molar-refractivity contribution < 1.29 is 9.53 Å². The monoisotopic (exact) mass is 323 g/mol. The molecule has 3 rings (SSSR count). The molecule has 0 aliphatic heterocycles. The van der Waals surface area contributed by atoms with Crippen LogP contribution in [-0.2, 0) is 24.1 Å². The summed E-state index contributed by atoms with van der Waals surface area (Å²) in [5.41, 5.74) is 5.00. The molecule has 126 valence electrons. The normalized spacial score (nSPS) is 13.2. The minimum absolute atomic E-state index is 0.0410. The number of fused-ring (bicyclic) bond motifs is 1. The molecule has 0 heterocycles. The SMILES string of the molecule is Cc1cccc(CC(=O)NCCOc2cccc3c2CCCC3)c1. The molecular weight excluding hydrogens is 298 g/mol. The third-order valence-electron chi connectivity index (χ3n) is 4.48. The number of carbonyl (C=O) groups is 1. The molecule has 0 fully saturated rings. The molecule has 1 aliphatic carbocycles. The van der Waals surface area contributed by atoms with E-state index in [9.17, 15) is 4.79 Å². The van der Waals surface area contributed by atoms with E-state index in [1.54, 1.807) is 0 Å². The predicted molar refractivity (Wildman–Crippen MR) is 96.5 cm³/mol. The zero-order chi connectivity index (χ0) is 16.8. The molecule has 2 aromatic rings. The fourth-order valence-corrected chi connectivity index (χ4v) is 3.30. The maximum Gasteiger partial charge on any atom is 0.224 e. The second kappa shape index (κ2) is 8.00. The minimum atomic E-state index is 0.0410. The molecule has 0 bridgehead atoms. The summed E-state index contributed by atoms with van der Waals surface area (Å²) in [7, 11) is 0. The zero-order valence-electron chi connectivity index (χ0n) is 14.3. The van der Waals surface area contributed by atoms with Gasteiger partial charge in [-0.1, -0.05) is 42.0 Å². The van der Waals surface area contributed by atoms with Gasteiger partial charge in [0, 0.05) is 0 Å². The Morgan fingerprint density at radius 1 is 1.12 bits per heavy atom. The first-order chi connectivity index (χ1) is 11.7. The quantitative estimate of drug-likeness (QED) is 0.825. The predicted octanol–water partition coefficient (Wildman–Crippen LogP) is 3.61. The highest BCUT2D eigenvalue weighted by atomic mass is 16.5. The summed E-state index contributed by atoms with van der Waals surface area (Å²) < 4.78 is 5.91. The molecule has 0 saturated heterocycles. The minimum Gasteiger partial charge on any atom is -0.491 e. The molecule has 0 atom stereocenters. The third-order valence-corrected chi connectivity index (χ3v) is 4.48. The lowest BCUT2D eigenvalue weighted by Crippen LogP contribution is -2.29. The van der Waals surface area contributed by atoms with Crippen LogP contribution in [-0.4, -0.2) is 19.1 Å². The lowest BCUT2D eigenvalue weighted by molar-refractivity contribution is -0.120. The van der Waals surface area contributed by atoms with Gasteiger partial charge < -0.3 is 10.1 Å². The molecule has 0 unspecified atom stereocenters. The van der Waals surface area contributed by atoms with Crippen molar-refractivity contribution in [2.24, 2.45) is 0 Å². The highest BCUT2D eigenvalue weighted by Crippen LogP contribution is 2.29. The molecule has 0 saturated carbocycles. The summed E-state index contributed by atoms with van der Waals surface area (Å²) in [4.78, 5) is 12.0. The van der Waals surface area contributed by atoms with Crippen LogP contribution in [0.4, 0.5) is 0 Å². The van der Waals surface area contributed by atoms with Crippen molar-refractivity contribution in [2.75, 3.05) is 13.2 Å². The number of aryl methyl sites for hydroxylation is 2. The largest absolute Gasteiger partial charge is 0.491 e. The number of benzene rings is 2. The van der Waals surface area contributed by atoms with Crippen LogP contribution in [0.2, 0.25) is 0 Å². The molecular formula is C21H25NO2. The van der Waals surface area contributed by atoms with Crippen LogP contribution in [0.25, 0.3) is 0 Å². The Morgan fingerprint density at radius 2 is 1.96 bits per heavy atom. The van der Waals surface area contributed by atoms with Crippen molar-refractivity contribution in [3.63, 3.8) is 0 Å². The molecule has 3 nitrogen and oxygen atoms in total. The van der Waals surface area contributed by atoms with E-state index in [0.717, 1.165) is 24.2 Å². The third kappa shape index (κ3) is 4.38. The smallest absolute Gasteiger partial charge is 0.224 e. The van der Waals surface area contributed by atoms with Gasteiger partial charge in [0.15, 0.2) is 0 Å². The maximum absolute atomic E-state index is 12.0. The Balaban J connectivity index is 1.45. The van der Waals surface area contributed by atoms with E-state index in [1.165, 1.54) is 29.5 Å². The van der Waals surface area contributed by atoms with Gasteiger partial charge >= 0.3 is 0 Å². The summed E-state index contributed by atoms with van der Waals surface area (Å²) in [5, 5.41) is 2.94. The summed E-state index contributed by atoms with van der Waals surface area (Å²) in [6.07, 6.45) is 5.18. The van der Waals surface area contributed by atoms with Crippen LogP contribution in [0.1, 0.15) is 35.1 Å².